The highest BCUT2D eigenvalue weighted by molar-refractivity contribution is 5.85. The van der Waals surface area contributed by atoms with Gasteiger partial charge in [-0.1, -0.05) is 12.1 Å². The first-order valence-electron chi connectivity index (χ1n) is 7.74. The molecule has 6 nitrogen and oxygen atoms in total. The summed E-state index contributed by atoms with van der Waals surface area (Å²) in [6, 6.07) is 7.89. The Balaban J connectivity index is 0.00000192. The summed E-state index contributed by atoms with van der Waals surface area (Å²) in [5.74, 6) is 0.119. The first-order chi connectivity index (χ1) is 10.6. The number of hydrogen-bond donors (Lipinski definition) is 1. The van der Waals surface area contributed by atoms with Crippen LogP contribution >= 0.6 is 12.4 Å². The van der Waals surface area contributed by atoms with Gasteiger partial charge < -0.3 is 10.2 Å². The normalized spacial score (nSPS) is 18.0. The van der Waals surface area contributed by atoms with Crippen LogP contribution in [0.25, 0.3) is 11.0 Å². The monoisotopic (exact) mass is 338 g/mol. The van der Waals surface area contributed by atoms with Gasteiger partial charge >= 0.3 is 5.69 Å². The van der Waals surface area contributed by atoms with Crippen LogP contribution in [0, 0.1) is 0 Å². The van der Waals surface area contributed by atoms with E-state index in [0.717, 1.165) is 30.7 Å². The molecule has 3 rings (SSSR count). The predicted molar refractivity (Wildman–Crippen MR) is 93.1 cm³/mol. The Bertz CT molecular complexity index is 752. The lowest BCUT2D eigenvalue weighted by Crippen LogP contribution is -2.52. The number of imidazole rings is 1. The molecule has 0 bridgehead atoms. The second kappa shape index (κ2) is 7.19. The minimum absolute atomic E-state index is 0. The lowest BCUT2D eigenvalue weighted by Gasteiger charge is -2.34. The maximum Gasteiger partial charge on any atom is 0.328 e. The maximum absolute atomic E-state index is 12.4. The van der Waals surface area contributed by atoms with Gasteiger partial charge in [-0.25, -0.2) is 4.79 Å². The molecule has 126 valence electrons. The van der Waals surface area contributed by atoms with Crippen LogP contribution in [0.5, 0.6) is 0 Å². The smallest absolute Gasteiger partial charge is 0.328 e. The van der Waals surface area contributed by atoms with E-state index in [0.29, 0.717) is 13.0 Å². The Kier molecular flexibility index (Phi) is 5.49. The molecule has 1 aromatic carbocycles. The zero-order valence-corrected chi connectivity index (χ0v) is 14.3. The number of halogens is 1. The Hall–Kier alpha value is -1.79. The lowest BCUT2D eigenvalue weighted by atomic mass is 10.2. The van der Waals surface area contributed by atoms with Gasteiger partial charge in [-0.15, -0.1) is 12.4 Å². The van der Waals surface area contributed by atoms with Crippen LogP contribution in [-0.2, 0) is 18.4 Å². The third kappa shape index (κ3) is 3.28. The quantitative estimate of drug-likeness (QED) is 0.907. The number of benzene rings is 1. The van der Waals surface area contributed by atoms with Crippen molar-refractivity contribution < 1.29 is 4.79 Å². The van der Waals surface area contributed by atoms with Crippen molar-refractivity contribution in [2.24, 2.45) is 7.05 Å². The van der Waals surface area contributed by atoms with Gasteiger partial charge in [0.2, 0.25) is 5.91 Å². The number of nitrogens with one attached hydrogen (secondary N) is 1. The molecular weight excluding hydrogens is 316 g/mol. The molecule has 1 aromatic heterocycles. The van der Waals surface area contributed by atoms with Crippen molar-refractivity contribution in [1.29, 1.82) is 0 Å². The van der Waals surface area contributed by atoms with Crippen LogP contribution in [0.4, 0.5) is 0 Å². The first-order valence-corrected chi connectivity index (χ1v) is 7.74. The lowest BCUT2D eigenvalue weighted by molar-refractivity contribution is -0.134. The average Bonchev–Trinajstić information content (AvgIpc) is 2.77. The SMILES string of the molecule is C[C@@H]1CNCCN1C(=O)CCn1c(=O)n(C)c2ccccc21.Cl. The molecule has 1 aliphatic rings. The van der Waals surface area contributed by atoms with Crippen molar-refractivity contribution in [2.75, 3.05) is 19.6 Å². The van der Waals surface area contributed by atoms with Gasteiger partial charge in [0.1, 0.15) is 0 Å². The minimum atomic E-state index is -0.0673. The fraction of sp³-hybridized carbons (Fsp3) is 0.500. The van der Waals surface area contributed by atoms with Gasteiger partial charge in [-0.3, -0.25) is 13.9 Å². The number of para-hydroxylation sites is 2. The number of aryl methyl sites for hydroxylation is 2. The molecule has 0 radical (unpaired) electrons. The molecule has 23 heavy (non-hydrogen) atoms. The van der Waals surface area contributed by atoms with Crippen molar-refractivity contribution in [1.82, 2.24) is 19.4 Å². The molecule has 1 aliphatic heterocycles. The highest BCUT2D eigenvalue weighted by atomic mass is 35.5. The second-order valence-electron chi connectivity index (χ2n) is 5.87. The zero-order chi connectivity index (χ0) is 15.7. The minimum Gasteiger partial charge on any atom is -0.337 e. The van der Waals surface area contributed by atoms with Gasteiger partial charge in [-0.2, -0.15) is 0 Å². The Labute approximate surface area is 141 Å². The Morgan fingerprint density at radius 2 is 2.00 bits per heavy atom. The van der Waals surface area contributed by atoms with E-state index in [1.54, 1.807) is 16.2 Å². The molecular formula is C16H23ClN4O2. The molecule has 0 spiro atoms. The summed E-state index contributed by atoms with van der Waals surface area (Å²) in [6.07, 6.45) is 0.359. The standard InChI is InChI=1S/C16H22N4O2.ClH/c1-12-11-17-8-10-19(12)15(21)7-9-20-14-6-4-3-5-13(14)18(2)16(20)22;/h3-6,12,17H,7-11H2,1-2H3;1H/t12-;/m1./s1. The van der Waals surface area contributed by atoms with E-state index < -0.39 is 0 Å². The summed E-state index contributed by atoms with van der Waals surface area (Å²) < 4.78 is 3.33. The third-order valence-corrected chi connectivity index (χ3v) is 4.42. The highest BCUT2D eigenvalue weighted by Gasteiger charge is 2.23. The van der Waals surface area contributed by atoms with Crippen LogP contribution in [0.2, 0.25) is 0 Å². The first kappa shape index (κ1) is 17.6. The van der Waals surface area contributed by atoms with Gasteiger partial charge in [-0.05, 0) is 19.1 Å². The van der Waals surface area contributed by atoms with Crippen molar-refractivity contribution in [3.63, 3.8) is 0 Å². The number of carbonyl (C=O) groups is 1. The fourth-order valence-corrected chi connectivity index (χ4v) is 3.14. The molecule has 1 saturated heterocycles. The van der Waals surface area contributed by atoms with Gasteiger partial charge in [0.15, 0.2) is 0 Å². The highest BCUT2D eigenvalue weighted by Crippen LogP contribution is 2.13. The van der Waals surface area contributed by atoms with Crippen LogP contribution in [0.3, 0.4) is 0 Å². The van der Waals surface area contributed by atoms with Crippen molar-refractivity contribution >= 4 is 29.3 Å². The van der Waals surface area contributed by atoms with Crippen LogP contribution in [0.15, 0.2) is 29.1 Å². The predicted octanol–water partition coefficient (Wildman–Crippen LogP) is 0.972. The van der Waals surface area contributed by atoms with E-state index in [4.69, 9.17) is 0 Å². The van der Waals surface area contributed by atoms with Gasteiger partial charge in [0, 0.05) is 45.7 Å². The van der Waals surface area contributed by atoms with E-state index in [2.05, 4.69) is 5.32 Å². The van der Waals surface area contributed by atoms with Crippen LogP contribution < -0.4 is 11.0 Å². The maximum atomic E-state index is 12.4. The second-order valence-corrected chi connectivity index (χ2v) is 5.87. The number of aromatic nitrogens is 2. The molecule has 1 N–H and O–H groups in total. The van der Waals surface area contributed by atoms with E-state index >= 15 is 0 Å². The summed E-state index contributed by atoms with van der Waals surface area (Å²) in [7, 11) is 1.77. The van der Waals surface area contributed by atoms with Crippen LogP contribution in [0.1, 0.15) is 13.3 Å². The molecule has 1 fully saturated rings. The summed E-state index contributed by atoms with van der Waals surface area (Å²) in [5, 5.41) is 3.28. The number of hydrogen-bond acceptors (Lipinski definition) is 3. The van der Waals surface area contributed by atoms with E-state index in [1.807, 2.05) is 36.1 Å². The number of rotatable bonds is 3. The number of carbonyl (C=O) groups excluding carboxylic acids is 1. The third-order valence-electron chi connectivity index (χ3n) is 4.42. The van der Waals surface area contributed by atoms with E-state index in [1.165, 1.54) is 0 Å². The largest absolute Gasteiger partial charge is 0.337 e. The molecule has 1 amide bonds. The summed E-state index contributed by atoms with van der Waals surface area (Å²) in [4.78, 5) is 26.7. The molecule has 0 aliphatic carbocycles. The zero-order valence-electron chi connectivity index (χ0n) is 13.5. The summed E-state index contributed by atoms with van der Waals surface area (Å²) in [6.45, 7) is 4.89. The van der Waals surface area contributed by atoms with E-state index in [-0.39, 0.29) is 30.0 Å². The van der Waals surface area contributed by atoms with Crippen molar-refractivity contribution in [2.45, 2.75) is 25.9 Å². The van der Waals surface area contributed by atoms with Crippen molar-refractivity contribution in [3.8, 4) is 0 Å². The molecule has 7 heteroatoms. The van der Waals surface area contributed by atoms with Gasteiger partial charge in [0.05, 0.1) is 11.0 Å². The number of fused-ring (bicyclic) bond motifs is 1. The topological polar surface area (TPSA) is 59.3 Å². The number of nitrogens with zero attached hydrogens (tertiary/aromatic N) is 3. The molecule has 2 heterocycles. The molecule has 0 unspecified atom stereocenters. The fourth-order valence-electron chi connectivity index (χ4n) is 3.14. The average molecular weight is 339 g/mol. The van der Waals surface area contributed by atoms with Crippen molar-refractivity contribution in [3.05, 3.63) is 34.7 Å². The van der Waals surface area contributed by atoms with Crippen LogP contribution in [-0.4, -0.2) is 45.6 Å². The van der Waals surface area contributed by atoms with E-state index in [9.17, 15) is 9.59 Å². The molecule has 0 saturated carbocycles. The van der Waals surface area contributed by atoms with Gasteiger partial charge in [0.25, 0.3) is 0 Å². The number of amides is 1. The number of piperazine rings is 1. The molecule has 1 atom stereocenters. The summed E-state index contributed by atoms with van der Waals surface area (Å²) >= 11 is 0. The Morgan fingerprint density at radius 3 is 2.70 bits per heavy atom. The Morgan fingerprint density at radius 1 is 1.30 bits per heavy atom. The molecule has 2 aromatic rings. The summed E-state index contributed by atoms with van der Waals surface area (Å²) in [5.41, 5.74) is 1.72.